The highest BCUT2D eigenvalue weighted by molar-refractivity contribution is 5.79. The third-order valence-corrected chi connectivity index (χ3v) is 4.23. The number of hydrogen-bond acceptors (Lipinski definition) is 2. The fraction of sp³-hybridized carbons (Fsp3) is 0.444. The van der Waals surface area contributed by atoms with Gasteiger partial charge in [-0.25, -0.2) is 0 Å². The minimum absolute atomic E-state index is 0.0427. The molecule has 21 heavy (non-hydrogen) atoms. The Morgan fingerprint density at radius 2 is 2.10 bits per heavy atom. The van der Waals surface area contributed by atoms with E-state index in [-0.39, 0.29) is 17.9 Å². The molecule has 0 fully saturated rings. The monoisotopic (exact) mass is 282 g/mol. The van der Waals surface area contributed by atoms with Crippen molar-refractivity contribution in [1.82, 2.24) is 4.90 Å². The lowest BCUT2D eigenvalue weighted by Gasteiger charge is -2.32. The first kappa shape index (κ1) is 15.3. The van der Waals surface area contributed by atoms with Crippen molar-refractivity contribution in [2.45, 2.75) is 39.2 Å². The van der Waals surface area contributed by atoms with E-state index in [0.717, 1.165) is 24.8 Å². The molecule has 1 aromatic rings. The Balaban J connectivity index is 2.13. The maximum atomic E-state index is 12.7. The second-order valence-electron chi connectivity index (χ2n) is 5.52. The van der Waals surface area contributed by atoms with E-state index < -0.39 is 0 Å². The largest absolute Gasteiger partial charge is 0.336 e. The molecular weight excluding hydrogens is 260 g/mol. The Kier molecular flexibility index (Phi) is 5.16. The summed E-state index contributed by atoms with van der Waals surface area (Å²) in [5, 5.41) is 8.86. The van der Waals surface area contributed by atoms with E-state index in [1.54, 1.807) is 0 Å². The Morgan fingerprint density at radius 3 is 2.62 bits per heavy atom. The number of nitrogens with zero attached hydrogens (tertiary/aromatic N) is 2. The number of allylic oxidation sites excluding steroid dienone is 2. The average molecular weight is 282 g/mol. The zero-order chi connectivity index (χ0) is 15.2. The normalized spacial score (nSPS) is 18.8. The summed E-state index contributed by atoms with van der Waals surface area (Å²) in [6.45, 7) is 4.79. The van der Waals surface area contributed by atoms with Gasteiger partial charge in [0.05, 0.1) is 17.7 Å². The van der Waals surface area contributed by atoms with Crippen LogP contribution in [0.25, 0.3) is 0 Å². The van der Waals surface area contributed by atoms with Crippen LogP contribution in [0, 0.1) is 17.2 Å². The summed E-state index contributed by atoms with van der Waals surface area (Å²) in [7, 11) is 0. The van der Waals surface area contributed by atoms with Gasteiger partial charge in [0.25, 0.3) is 0 Å². The van der Waals surface area contributed by atoms with Crippen molar-refractivity contribution in [2.24, 2.45) is 5.92 Å². The second-order valence-corrected chi connectivity index (χ2v) is 5.52. The smallest absolute Gasteiger partial charge is 0.226 e. The third kappa shape index (κ3) is 3.52. The average Bonchev–Trinajstić information content (AvgIpc) is 2.56. The van der Waals surface area contributed by atoms with Crippen LogP contribution in [0.2, 0.25) is 0 Å². The number of amides is 1. The van der Waals surface area contributed by atoms with Gasteiger partial charge in [-0.1, -0.05) is 24.3 Å². The van der Waals surface area contributed by atoms with Crippen LogP contribution < -0.4 is 0 Å². The first-order valence-corrected chi connectivity index (χ1v) is 7.63. The molecule has 3 heteroatoms. The molecule has 0 spiro atoms. The molecule has 0 saturated heterocycles. The van der Waals surface area contributed by atoms with Gasteiger partial charge in [0.2, 0.25) is 5.91 Å². The van der Waals surface area contributed by atoms with Crippen LogP contribution in [0.3, 0.4) is 0 Å². The number of carbonyl (C=O) groups is 1. The highest BCUT2D eigenvalue weighted by atomic mass is 16.2. The molecule has 1 amide bonds. The standard InChI is InChI=1S/C18H22N2O/c1-3-20(18(21)17-7-5-4-6-8-17)14(2)16-11-9-15(13-19)10-12-16/h4-5,9-12,14,17H,3,6-8H2,1-2H3. The van der Waals surface area contributed by atoms with Gasteiger partial charge in [0.15, 0.2) is 0 Å². The van der Waals surface area contributed by atoms with Crippen molar-refractivity contribution in [3.8, 4) is 6.07 Å². The number of benzene rings is 1. The molecule has 2 rings (SSSR count). The van der Waals surface area contributed by atoms with Gasteiger partial charge in [-0.3, -0.25) is 4.79 Å². The second kappa shape index (κ2) is 7.08. The van der Waals surface area contributed by atoms with Crippen LogP contribution in [-0.2, 0) is 4.79 Å². The summed E-state index contributed by atoms with van der Waals surface area (Å²) < 4.78 is 0. The maximum Gasteiger partial charge on any atom is 0.226 e. The van der Waals surface area contributed by atoms with Crippen molar-refractivity contribution >= 4 is 5.91 Å². The minimum Gasteiger partial charge on any atom is -0.336 e. The van der Waals surface area contributed by atoms with Gasteiger partial charge in [-0.2, -0.15) is 5.26 Å². The molecule has 0 aliphatic heterocycles. The Bertz CT molecular complexity index is 554. The zero-order valence-corrected chi connectivity index (χ0v) is 12.7. The van der Waals surface area contributed by atoms with E-state index in [4.69, 9.17) is 5.26 Å². The van der Waals surface area contributed by atoms with E-state index >= 15 is 0 Å². The summed E-state index contributed by atoms with van der Waals surface area (Å²) in [6, 6.07) is 9.68. The van der Waals surface area contributed by atoms with Crippen LogP contribution in [0.15, 0.2) is 36.4 Å². The molecular formula is C18H22N2O. The van der Waals surface area contributed by atoms with Crippen LogP contribution in [0.5, 0.6) is 0 Å². The van der Waals surface area contributed by atoms with Gasteiger partial charge < -0.3 is 4.90 Å². The van der Waals surface area contributed by atoms with E-state index in [1.165, 1.54) is 0 Å². The fourth-order valence-electron chi connectivity index (χ4n) is 2.89. The molecule has 110 valence electrons. The van der Waals surface area contributed by atoms with Gasteiger partial charge in [0.1, 0.15) is 0 Å². The van der Waals surface area contributed by atoms with Crippen molar-refractivity contribution in [3.05, 3.63) is 47.5 Å². The molecule has 0 N–H and O–H groups in total. The van der Waals surface area contributed by atoms with Crippen LogP contribution in [0.4, 0.5) is 0 Å². The Morgan fingerprint density at radius 1 is 1.38 bits per heavy atom. The molecule has 0 bridgehead atoms. The lowest BCUT2D eigenvalue weighted by molar-refractivity contribution is -0.137. The van der Waals surface area contributed by atoms with Gasteiger partial charge in [-0.15, -0.1) is 0 Å². The number of hydrogen-bond donors (Lipinski definition) is 0. The van der Waals surface area contributed by atoms with E-state index in [0.29, 0.717) is 12.1 Å². The molecule has 0 heterocycles. The molecule has 2 atom stereocenters. The molecule has 0 radical (unpaired) electrons. The van der Waals surface area contributed by atoms with E-state index in [1.807, 2.05) is 36.1 Å². The Labute approximate surface area is 126 Å². The first-order valence-electron chi connectivity index (χ1n) is 7.63. The predicted molar refractivity (Wildman–Crippen MR) is 83.4 cm³/mol. The van der Waals surface area contributed by atoms with Gasteiger partial charge in [0, 0.05) is 12.5 Å². The minimum atomic E-state index is 0.0427. The summed E-state index contributed by atoms with van der Waals surface area (Å²) in [4.78, 5) is 14.7. The van der Waals surface area contributed by atoms with Gasteiger partial charge in [-0.05, 0) is 50.8 Å². The van der Waals surface area contributed by atoms with E-state index in [9.17, 15) is 4.79 Å². The first-order chi connectivity index (χ1) is 10.2. The SMILES string of the molecule is CCN(C(=O)C1CC=CCC1)C(C)c1ccc(C#N)cc1. The van der Waals surface area contributed by atoms with Crippen molar-refractivity contribution in [3.63, 3.8) is 0 Å². The van der Waals surface area contributed by atoms with Crippen LogP contribution in [-0.4, -0.2) is 17.4 Å². The molecule has 2 unspecified atom stereocenters. The fourth-order valence-corrected chi connectivity index (χ4v) is 2.89. The lowest BCUT2D eigenvalue weighted by atomic mass is 9.92. The summed E-state index contributed by atoms with van der Waals surface area (Å²) >= 11 is 0. The summed E-state index contributed by atoms with van der Waals surface area (Å²) in [6.07, 6.45) is 7.08. The third-order valence-electron chi connectivity index (χ3n) is 4.23. The summed E-state index contributed by atoms with van der Waals surface area (Å²) in [5.74, 6) is 0.370. The van der Waals surface area contributed by atoms with Gasteiger partial charge >= 0.3 is 0 Å². The van der Waals surface area contributed by atoms with Crippen LogP contribution in [0.1, 0.15) is 50.3 Å². The molecule has 1 aromatic carbocycles. The molecule has 1 aliphatic rings. The summed E-state index contributed by atoms with van der Waals surface area (Å²) in [5.41, 5.74) is 1.73. The maximum absolute atomic E-state index is 12.7. The number of carbonyl (C=O) groups excluding carboxylic acids is 1. The van der Waals surface area contributed by atoms with Crippen molar-refractivity contribution < 1.29 is 4.79 Å². The highest BCUT2D eigenvalue weighted by Gasteiger charge is 2.27. The van der Waals surface area contributed by atoms with Crippen molar-refractivity contribution in [1.29, 1.82) is 5.26 Å². The molecule has 3 nitrogen and oxygen atoms in total. The zero-order valence-electron chi connectivity index (χ0n) is 12.7. The molecule has 0 aromatic heterocycles. The predicted octanol–water partition coefficient (Wildman–Crippen LogP) is 3.82. The van der Waals surface area contributed by atoms with Crippen LogP contribution >= 0.6 is 0 Å². The lowest BCUT2D eigenvalue weighted by Crippen LogP contribution is -2.38. The number of nitriles is 1. The topological polar surface area (TPSA) is 44.1 Å². The molecule has 1 aliphatic carbocycles. The van der Waals surface area contributed by atoms with Crippen molar-refractivity contribution in [2.75, 3.05) is 6.54 Å². The Hall–Kier alpha value is -2.08. The number of rotatable bonds is 4. The quantitative estimate of drug-likeness (QED) is 0.788. The van der Waals surface area contributed by atoms with E-state index in [2.05, 4.69) is 25.1 Å². The highest BCUT2D eigenvalue weighted by Crippen LogP contribution is 2.26. The molecule has 0 saturated carbocycles.